The minimum atomic E-state index is 0.576. The molecule has 0 saturated carbocycles. The lowest BCUT2D eigenvalue weighted by Crippen LogP contribution is -1.84. The second kappa shape index (κ2) is 3.32. The van der Waals surface area contributed by atoms with E-state index in [9.17, 15) is 0 Å². The number of rotatable bonds is 2. The van der Waals surface area contributed by atoms with Gasteiger partial charge in [0.2, 0.25) is 5.88 Å². The molecule has 2 rings (SSSR count). The monoisotopic (exact) mass is 178 g/mol. The molecule has 3 nitrogen and oxygen atoms in total. The highest BCUT2D eigenvalue weighted by atomic mass is 32.1. The van der Waals surface area contributed by atoms with Crippen LogP contribution in [-0.2, 0) is 0 Å². The topological polar surface area (TPSA) is 35.0 Å². The third-order valence-electron chi connectivity index (χ3n) is 1.26. The molecule has 0 saturated heterocycles. The van der Waals surface area contributed by atoms with Crippen LogP contribution < -0.4 is 4.74 Å². The summed E-state index contributed by atoms with van der Waals surface area (Å²) in [5.41, 5.74) is 0. The Bertz CT molecular complexity index is 333. The predicted molar refractivity (Wildman–Crippen MR) is 46.4 cm³/mol. The fraction of sp³-hybridized carbons (Fsp3) is 0. The van der Waals surface area contributed by atoms with Crippen molar-refractivity contribution in [2.75, 3.05) is 0 Å². The first-order valence-electron chi connectivity index (χ1n) is 3.42. The molecule has 0 aliphatic rings. The first-order chi connectivity index (χ1) is 5.95. The Kier molecular flexibility index (Phi) is 2.00. The van der Waals surface area contributed by atoms with Crippen LogP contribution in [-0.4, -0.2) is 9.97 Å². The van der Waals surface area contributed by atoms with E-state index in [4.69, 9.17) is 4.74 Å². The summed E-state index contributed by atoms with van der Waals surface area (Å²) in [6, 6.07) is 5.55. The zero-order valence-corrected chi connectivity index (χ0v) is 6.99. The van der Waals surface area contributed by atoms with E-state index in [1.807, 2.05) is 17.5 Å². The third kappa shape index (κ3) is 1.60. The van der Waals surface area contributed by atoms with Crippen molar-refractivity contribution >= 4 is 11.3 Å². The number of hydrogen-bond acceptors (Lipinski definition) is 4. The minimum absolute atomic E-state index is 0.576. The van der Waals surface area contributed by atoms with Crippen LogP contribution in [0.5, 0.6) is 10.9 Å². The van der Waals surface area contributed by atoms with E-state index in [0.29, 0.717) is 5.88 Å². The van der Waals surface area contributed by atoms with Gasteiger partial charge < -0.3 is 4.74 Å². The summed E-state index contributed by atoms with van der Waals surface area (Å²) >= 11 is 1.54. The molecule has 0 atom stereocenters. The van der Waals surface area contributed by atoms with E-state index < -0.39 is 0 Å². The van der Waals surface area contributed by atoms with E-state index in [2.05, 4.69) is 9.97 Å². The lowest BCUT2D eigenvalue weighted by atomic mass is 10.6. The molecule has 0 fully saturated rings. The van der Waals surface area contributed by atoms with Gasteiger partial charge in [-0.2, -0.15) is 0 Å². The van der Waals surface area contributed by atoms with Gasteiger partial charge in [-0.1, -0.05) is 0 Å². The molecule has 0 spiro atoms. The maximum absolute atomic E-state index is 5.39. The smallest absolute Gasteiger partial charge is 0.223 e. The summed E-state index contributed by atoms with van der Waals surface area (Å²) in [7, 11) is 0. The average molecular weight is 178 g/mol. The predicted octanol–water partition coefficient (Wildman–Crippen LogP) is 2.33. The van der Waals surface area contributed by atoms with Crippen LogP contribution in [0.15, 0.2) is 36.1 Å². The average Bonchev–Trinajstić information content (AvgIpc) is 2.59. The fourth-order valence-electron chi connectivity index (χ4n) is 0.764. The summed E-state index contributed by atoms with van der Waals surface area (Å²) in [5, 5.41) is 2.80. The van der Waals surface area contributed by atoms with Crippen LogP contribution in [0.3, 0.4) is 0 Å². The third-order valence-corrected chi connectivity index (χ3v) is 2.00. The molecule has 0 N–H and O–H groups in total. The molecular weight excluding hydrogens is 172 g/mol. The van der Waals surface area contributed by atoms with Crippen molar-refractivity contribution in [1.29, 1.82) is 0 Å². The van der Waals surface area contributed by atoms with E-state index in [1.54, 1.807) is 12.3 Å². The van der Waals surface area contributed by atoms with Crippen LogP contribution >= 0.6 is 11.3 Å². The quantitative estimate of drug-likeness (QED) is 0.707. The minimum Gasteiger partial charge on any atom is -0.428 e. The van der Waals surface area contributed by atoms with Gasteiger partial charge in [0.05, 0.1) is 0 Å². The number of hydrogen-bond donors (Lipinski definition) is 0. The van der Waals surface area contributed by atoms with Crippen molar-refractivity contribution in [2.45, 2.75) is 0 Å². The summed E-state index contributed by atoms with van der Waals surface area (Å²) in [4.78, 5) is 7.71. The lowest BCUT2D eigenvalue weighted by molar-refractivity contribution is 0.474. The molecule has 2 heterocycles. The Balaban J connectivity index is 2.15. The highest BCUT2D eigenvalue weighted by molar-refractivity contribution is 7.11. The molecule has 0 amide bonds. The maximum Gasteiger partial charge on any atom is 0.223 e. The van der Waals surface area contributed by atoms with E-state index in [-0.39, 0.29) is 0 Å². The first kappa shape index (κ1) is 7.24. The summed E-state index contributed by atoms with van der Waals surface area (Å²) in [5.74, 6) is 0.576. The van der Waals surface area contributed by atoms with Crippen LogP contribution in [0.2, 0.25) is 0 Å². The Morgan fingerprint density at radius 1 is 1.33 bits per heavy atom. The highest BCUT2D eigenvalue weighted by Crippen LogP contribution is 2.23. The molecule has 4 heteroatoms. The maximum atomic E-state index is 5.39. The van der Waals surface area contributed by atoms with Gasteiger partial charge in [0, 0.05) is 12.3 Å². The van der Waals surface area contributed by atoms with Gasteiger partial charge in [0.1, 0.15) is 6.33 Å². The SMILES string of the molecule is c1csc(Oc2ccncn2)c1. The zero-order valence-electron chi connectivity index (χ0n) is 6.18. The van der Waals surface area contributed by atoms with Gasteiger partial charge in [-0.3, -0.25) is 0 Å². The number of aromatic nitrogens is 2. The van der Waals surface area contributed by atoms with Crippen LogP contribution in [0.25, 0.3) is 0 Å². The molecule has 0 aliphatic carbocycles. The van der Waals surface area contributed by atoms with Crippen LogP contribution in [0.4, 0.5) is 0 Å². The van der Waals surface area contributed by atoms with Crippen molar-refractivity contribution in [1.82, 2.24) is 9.97 Å². The van der Waals surface area contributed by atoms with Gasteiger partial charge in [-0.15, -0.1) is 11.3 Å². The van der Waals surface area contributed by atoms with E-state index in [0.717, 1.165) is 5.06 Å². The van der Waals surface area contributed by atoms with Gasteiger partial charge in [-0.25, -0.2) is 9.97 Å². The molecule has 0 unspecified atom stereocenters. The highest BCUT2D eigenvalue weighted by Gasteiger charge is 1.96. The molecule has 60 valence electrons. The van der Waals surface area contributed by atoms with Crippen molar-refractivity contribution in [3.8, 4) is 10.9 Å². The van der Waals surface area contributed by atoms with Crippen LogP contribution in [0.1, 0.15) is 0 Å². The Morgan fingerprint density at radius 3 is 3.00 bits per heavy atom. The normalized spacial score (nSPS) is 9.67. The molecule has 0 bridgehead atoms. The fourth-order valence-corrected chi connectivity index (χ4v) is 1.35. The number of nitrogens with zero attached hydrogens (tertiary/aromatic N) is 2. The summed E-state index contributed by atoms with van der Waals surface area (Å²) in [6.07, 6.45) is 3.11. The Morgan fingerprint density at radius 2 is 2.33 bits per heavy atom. The first-order valence-corrected chi connectivity index (χ1v) is 4.30. The van der Waals surface area contributed by atoms with Crippen molar-refractivity contribution in [2.24, 2.45) is 0 Å². The molecule has 12 heavy (non-hydrogen) atoms. The van der Waals surface area contributed by atoms with Crippen molar-refractivity contribution < 1.29 is 4.74 Å². The van der Waals surface area contributed by atoms with Gasteiger partial charge in [-0.05, 0) is 17.5 Å². The lowest BCUT2D eigenvalue weighted by Gasteiger charge is -1.98. The second-order valence-electron chi connectivity index (χ2n) is 2.08. The molecule has 2 aromatic heterocycles. The van der Waals surface area contributed by atoms with Gasteiger partial charge in [0.25, 0.3) is 0 Å². The van der Waals surface area contributed by atoms with Gasteiger partial charge >= 0.3 is 0 Å². The summed E-state index contributed by atoms with van der Waals surface area (Å²) in [6.45, 7) is 0. The van der Waals surface area contributed by atoms with Crippen LogP contribution in [0, 0.1) is 0 Å². The summed E-state index contributed by atoms with van der Waals surface area (Å²) < 4.78 is 5.39. The zero-order chi connectivity index (χ0) is 8.23. The number of thiophene rings is 1. The number of ether oxygens (including phenoxy) is 1. The van der Waals surface area contributed by atoms with Crippen molar-refractivity contribution in [3.63, 3.8) is 0 Å². The van der Waals surface area contributed by atoms with E-state index in [1.165, 1.54) is 17.7 Å². The largest absolute Gasteiger partial charge is 0.428 e. The molecule has 2 aromatic rings. The molecule has 0 radical (unpaired) electrons. The second-order valence-corrected chi connectivity index (χ2v) is 2.99. The Hall–Kier alpha value is -1.42. The van der Waals surface area contributed by atoms with Gasteiger partial charge in [0.15, 0.2) is 5.06 Å². The van der Waals surface area contributed by atoms with E-state index >= 15 is 0 Å². The van der Waals surface area contributed by atoms with Crippen molar-refractivity contribution in [3.05, 3.63) is 36.1 Å². The standard InChI is InChI=1S/C8H6N2OS/c1-2-8(12-5-1)11-7-3-4-9-6-10-7/h1-6H. The Labute approximate surface area is 73.7 Å². The molecular formula is C8H6N2OS. The molecule has 0 aromatic carbocycles. The molecule has 0 aliphatic heterocycles.